The van der Waals surface area contributed by atoms with Gasteiger partial charge in [-0.25, -0.2) is 13.1 Å². The summed E-state index contributed by atoms with van der Waals surface area (Å²) in [5, 5.41) is 11.4. The Morgan fingerprint density at radius 2 is 2.21 bits per heavy atom. The van der Waals surface area contributed by atoms with Crippen LogP contribution in [0.5, 0.6) is 0 Å². The van der Waals surface area contributed by atoms with Crippen LogP contribution in [0.15, 0.2) is 17.4 Å². The average molecular weight is 285 g/mol. The van der Waals surface area contributed by atoms with Crippen LogP contribution in [0.3, 0.4) is 0 Å². The standard InChI is InChI=1S/C9H15N7O2S/c1-3-16-5-7(9(10)14-16)19(17,18)12-4-8-13-11-6-15(8)2/h5-6,12H,3-4H2,1-2H3,(H2,10,14). The molecule has 2 aromatic rings. The number of sulfonamides is 1. The molecule has 0 saturated carbocycles. The number of nitrogen functional groups attached to an aromatic ring is 1. The molecule has 0 spiro atoms. The molecule has 2 aromatic heterocycles. The smallest absolute Gasteiger partial charge is 0.246 e. The molecule has 0 aliphatic rings. The fourth-order valence-corrected chi connectivity index (χ4v) is 2.54. The van der Waals surface area contributed by atoms with Gasteiger partial charge >= 0.3 is 0 Å². The summed E-state index contributed by atoms with van der Waals surface area (Å²) < 4.78 is 29.7. The van der Waals surface area contributed by atoms with Gasteiger partial charge in [-0.15, -0.1) is 10.2 Å². The zero-order chi connectivity index (χ0) is 14.0. The van der Waals surface area contributed by atoms with Gasteiger partial charge in [-0.3, -0.25) is 4.68 Å². The molecule has 104 valence electrons. The zero-order valence-electron chi connectivity index (χ0n) is 10.6. The van der Waals surface area contributed by atoms with Crippen LogP contribution in [0.1, 0.15) is 12.7 Å². The zero-order valence-corrected chi connectivity index (χ0v) is 11.4. The topological polar surface area (TPSA) is 121 Å². The molecular weight excluding hydrogens is 270 g/mol. The largest absolute Gasteiger partial charge is 0.381 e. The highest BCUT2D eigenvalue weighted by atomic mass is 32.2. The van der Waals surface area contributed by atoms with E-state index in [1.807, 2.05) is 6.92 Å². The number of nitrogens with two attached hydrogens (primary N) is 1. The van der Waals surface area contributed by atoms with Gasteiger partial charge in [0.25, 0.3) is 0 Å². The van der Waals surface area contributed by atoms with E-state index in [1.165, 1.54) is 17.2 Å². The van der Waals surface area contributed by atoms with Gasteiger partial charge in [-0.05, 0) is 6.92 Å². The summed E-state index contributed by atoms with van der Waals surface area (Å²) in [7, 11) is -1.98. The first-order chi connectivity index (χ1) is 8.94. The maximum atomic E-state index is 12.1. The van der Waals surface area contributed by atoms with Gasteiger partial charge in [-0.1, -0.05) is 0 Å². The summed E-state index contributed by atoms with van der Waals surface area (Å²) in [4.78, 5) is -0.0310. The van der Waals surface area contributed by atoms with Gasteiger partial charge in [0.2, 0.25) is 10.0 Å². The molecule has 0 saturated heterocycles. The second kappa shape index (κ2) is 4.97. The van der Waals surface area contributed by atoms with Crippen LogP contribution in [0.2, 0.25) is 0 Å². The molecular formula is C9H15N7O2S. The second-order valence-corrected chi connectivity index (χ2v) is 5.65. The van der Waals surface area contributed by atoms with E-state index in [0.717, 1.165) is 0 Å². The number of hydrogen-bond acceptors (Lipinski definition) is 6. The van der Waals surface area contributed by atoms with Crippen LogP contribution in [0.25, 0.3) is 0 Å². The summed E-state index contributed by atoms with van der Waals surface area (Å²) in [5.41, 5.74) is 5.60. The molecule has 10 heteroatoms. The van der Waals surface area contributed by atoms with Crippen LogP contribution in [0.4, 0.5) is 5.82 Å². The predicted octanol–water partition coefficient (Wildman–Crippen LogP) is -0.908. The van der Waals surface area contributed by atoms with Gasteiger partial charge in [0, 0.05) is 19.8 Å². The maximum absolute atomic E-state index is 12.1. The van der Waals surface area contributed by atoms with Gasteiger partial charge in [-0.2, -0.15) is 5.10 Å². The Balaban J connectivity index is 2.18. The fraction of sp³-hybridized carbons (Fsp3) is 0.444. The maximum Gasteiger partial charge on any atom is 0.246 e. The first-order valence-corrected chi connectivity index (χ1v) is 7.08. The lowest BCUT2D eigenvalue weighted by atomic mass is 10.6. The highest BCUT2D eigenvalue weighted by molar-refractivity contribution is 7.89. The van der Waals surface area contributed by atoms with E-state index in [1.54, 1.807) is 11.6 Å². The Labute approximate surface area is 110 Å². The lowest BCUT2D eigenvalue weighted by Crippen LogP contribution is -2.25. The van der Waals surface area contributed by atoms with Gasteiger partial charge < -0.3 is 10.3 Å². The van der Waals surface area contributed by atoms with Crippen LogP contribution in [-0.2, 0) is 30.2 Å². The fourth-order valence-electron chi connectivity index (χ4n) is 1.49. The molecule has 0 bridgehead atoms. The van der Waals surface area contributed by atoms with Gasteiger partial charge in [0.05, 0.1) is 6.54 Å². The van der Waals surface area contributed by atoms with E-state index in [2.05, 4.69) is 20.0 Å². The molecule has 0 aliphatic heterocycles. The predicted molar refractivity (Wildman–Crippen MR) is 67.3 cm³/mol. The Hall–Kier alpha value is -1.94. The first-order valence-electron chi connectivity index (χ1n) is 5.59. The molecule has 3 N–H and O–H groups in total. The molecule has 2 heterocycles. The van der Waals surface area contributed by atoms with Gasteiger partial charge in [0.1, 0.15) is 17.0 Å². The molecule has 0 fully saturated rings. The first kappa shape index (κ1) is 13.5. The van der Waals surface area contributed by atoms with Crippen molar-refractivity contribution in [2.24, 2.45) is 7.05 Å². The molecule has 0 amide bonds. The summed E-state index contributed by atoms with van der Waals surface area (Å²) in [6.07, 6.45) is 2.89. The van der Waals surface area contributed by atoms with Crippen molar-refractivity contribution in [3.63, 3.8) is 0 Å². The third-order valence-corrected chi connectivity index (χ3v) is 4.01. The minimum absolute atomic E-state index is 0.0210. The van der Waals surface area contributed by atoms with Crippen molar-refractivity contribution >= 4 is 15.8 Å². The molecule has 9 nitrogen and oxygen atoms in total. The molecule has 0 aliphatic carbocycles. The Morgan fingerprint density at radius 3 is 2.74 bits per heavy atom. The highest BCUT2D eigenvalue weighted by Crippen LogP contribution is 2.16. The lowest BCUT2D eigenvalue weighted by molar-refractivity contribution is 0.577. The number of hydrogen-bond donors (Lipinski definition) is 2. The van der Waals surface area contributed by atoms with Crippen molar-refractivity contribution in [2.45, 2.75) is 24.9 Å². The van der Waals surface area contributed by atoms with Crippen molar-refractivity contribution in [3.8, 4) is 0 Å². The normalized spacial score (nSPS) is 11.9. The number of aryl methyl sites for hydroxylation is 2. The Bertz CT molecular complexity index is 673. The van der Waals surface area contributed by atoms with Crippen molar-refractivity contribution in [3.05, 3.63) is 18.3 Å². The van der Waals surface area contributed by atoms with Crippen molar-refractivity contribution in [1.29, 1.82) is 0 Å². The monoisotopic (exact) mass is 285 g/mol. The molecule has 2 rings (SSSR count). The lowest BCUT2D eigenvalue weighted by Gasteiger charge is -2.04. The van der Waals surface area contributed by atoms with Crippen LogP contribution in [0, 0.1) is 0 Å². The van der Waals surface area contributed by atoms with Crippen molar-refractivity contribution < 1.29 is 8.42 Å². The minimum atomic E-state index is -3.71. The summed E-state index contributed by atoms with van der Waals surface area (Å²) in [5.74, 6) is 0.484. The molecule has 19 heavy (non-hydrogen) atoms. The van der Waals surface area contributed by atoms with Crippen molar-refractivity contribution in [1.82, 2.24) is 29.3 Å². The number of aromatic nitrogens is 5. The van der Waals surface area contributed by atoms with Gasteiger partial charge in [0.15, 0.2) is 5.82 Å². The number of nitrogens with one attached hydrogen (secondary N) is 1. The Kier molecular flexibility index (Phi) is 3.53. The molecule has 0 atom stereocenters. The number of nitrogens with zero attached hydrogens (tertiary/aromatic N) is 5. The number of anilines is 1. The van der Waals surface area contributed by atoms with E-state index >= 15 is 0 Å². The van der Waals surface area contributed by atoms with E-state index < -0.39 is 10.0 Å². The van der Waals surface area contributed by atoms with Crippen molar-refractivity contribution in [2.75, 3.05) is 5.73 Å². The number of rotatable bonds is 5. The van der Waals surface area contributed by atoms with E-state index in [9.17, 15) is 8.42 Å². The summed E-state index contributed by atoms with van der Waals surface area (Å²) in [6, 6.07) is 0. The second-order valence-electron chi connectivity index (χ2n) is 3.92. The quantitative estimate of drug-likeness (QED) is 0.733. The van der Waals surface area contributed by atoms with Crippen LogP contribution >= 0.6 is 0 Å². The molecule has 0 aromatic carbocycles. The highest BCUT2D eigenvalue weighted by Gasteiger charge is 2.21. The van der Waals surface area contributed by atoms with E-state index in [-0.39, 0.29) is 17.3 Å². The average Bonchev–Trinajstić information content (AvgIpc) is 2.93. The molecule has 0 unspecified atom stereocenters. The Morgan fingerprint density at radius 1 is 1.47 bits per heavy atom. The SMILES string of the molecule is CCn1cc(S(=O)(=O)NCc2nncn2C)c(N)n1. The third kappa shape index (κ3) is 2.74. The summed E-state index contributed by atoms with van der Waals surface area (Å²) in [6.45, 7) is 2.43. The summed E-state index contributed by atoms with van der Waals surface area (Å²) >= 11 is 0. The van der Waals surface area contributed by atoms with Crippen LogP contribution in [-0.4, -0.2) is 33.0 Å². The third-order valence-electron chi connectivity index (χ3n) is 2.59. The molecule has 0 radical (unpaired) electrons. The van der Waals surface area contributed by atoms with E-state index in [4.69, 9.17) is 5.73 Å². The van der Waals surface area contributed by atoms with Crippen LogP contribution < -0.4 is 10.5 Å². The minimum Gasteiger partial charge on any atom is -0.381 e. The van der Waals surface area contributed by atoms with E-state index in [0.29, 0.717) is 12.4 Å².